The van der Waals surface area contributed by atoms with E-state index in [2.05, 4.69) is 16.0 Å². The number of nitrogens with one attached hydrogen (secondary N) is 3. The zero-order chi connectivity index (χ0) is 18.2. The van der Waals surface area contributed by atoms with E-state index in [1.165, 1.54) is 0 Å². The molecule has 0 heterocycles. The summed E-state index contributed by atoms with van der Waals surface area (Å²) in [5.74, 6) is 0.161. The Balaban J connectivity index is 2.11. The molecule has 2 rings (SSSR count). The molecule has 2 aromatic carbocycles. The lowest BCUT2D eigenvalue weighted by molar-refractivity contribution is 0.0951. The van der Waals surface area contributed by atoms with Gasteiger partial charge in [0.2, 0.25) is 0 Å². The molecule has 0 saturated carbocycles. The molecule has 2 aromatic rings. The van der Waals surface area contributed by atoms with Gasteiger partial charge in [-0.1, -0.05) is 12.1 Å². The molecule has 132 valence electrons. The summed E-state index contributed by atoms with van der Waals surface area (Å²) in [4.78, 5) is 24.8. The molecule has 2 amide bonds. The Morgan fingerprint density at radius 2 is 1.72 bits per heavy atom. The van der Waals surface area contributed by atoms with E-state index in [4.69, 9.17) is 4.74 Å². The molecular formula is C19H23N3O3. The lowest BCUT2D eigenvalue weighted by Gasteiger charge is -2.14. The number of likely N-dealkylation sites (N-methyl/N-ethyl adjacent to an activating group) is 1. The Bertz CT molecular complexity index is 729. The molecule has 0 aliphatic carbocycles. The van der Waals surface area contributed by atoms with Crippen LogP contribution in [0.2, 0.25) is 0 Å². The minimum atomic E-state index is -0.286. The maximum absolute atomic E-state index is 12.4. The number of carbonyl (C=O) groups is 2. The van der Waals surface area contributed by atoms with Crippen LogP contribution in [0.4, 0.5) is 5.69 Å². The van der Waals surface area contributed by atoms with Gasteiger partial charge in [0.15, 0.2) is 0 Å². The van der Waals surface area contributed by atoms with E-state index in [-0.39, 0.29) is 17.9 Å². The second kappa shape index (κ2) is 8.84. The smallest absolute Gasteiger partial charge is 0.255 e. The van der Waals surface area contributed by atoms with Gasteiger partial charge in [-0.2, -0.15) is 0 Å². The highest BCUT2D eigenvalue weighted by Gasteiger charge is 2.14. The van der Waals surface area contributed by atoms with Crippen LogP contribution in [0.1, 0.15) is 27.6 Å². The van der Waals surface area contributed by atoms with Crippen LogP contribution in [-0.2, 0) is 0 Å². The van der Waals surface area contributed by atoms with Crippen LogP contribution in [0.3, 0.4) is 0 Å². The number of hydrogen-bond donors (Lipinski definition) is 3. The average molecular weight is 341 g/mol. The number of benzene rings is 2. The van der Waals surface area contributed by atoms with Crippen molar-refractivity contribution in [3.8, 4) is 5.75 Å². The van der Waals surface area contributed by atoms with Crippen molar-refractivity contribution >= 4 is 17.5 Å². The van der Waals surface area contributed by atoms with Crippen LogP contribution in [0.25, 0.3) is 0 Å². The second-order valence-electron chi connectivity index (χ2n) is 5.63. The highest BCUT2D eigenvalue weighted by molar-refractivity contribution is 6.09. The van der Waals surface area contributed by atoms with Crippen molar-refractivity contribution in [2.75, 3.05) is 26.0 Å². The Kier molecular flexibility index (Phi) is 6.54. The standard InChI is InChI=1S/C19H23N3O3/c1-13(20-2)12-21-19(24)16-6-4-5-7-17(16)22-18(23)14-8-10-15(25-3)11-9-14/h4-11,13,20H,12H2,1-3H3,(H,21,24)(H,22,23). The van der Waals surface area contributed by atoms with Crippen LogP contribution < -0.4 is 20.7 Å². The molecule has 0 aliphatic rings. The van der Waals surface area contributed by atoms with Crippen molar-refractivity contribution in [2.45, 2.75) is 13.0 Å². The van der Waals surface area contributed by atoms with Crippen molar-refractivity contribution < 1.29 is 14.3 Å². The molecule has 0 saturated heterocycles. The van der Waals surface area contributed by atoms with Gasteiger partial charge in [0.1, 0.15) is 5.75 Å². The van der Waals surface area contributed by atoms with Gasteiger partial charge >= 0.3 is 0 Å². The number of para-hydroxylation sites is 1. The first-order chi connectivity index (χ1) is 12.0. The Labute approximate surface area is 147 Å². The van der Waals surface area contributed by atoms with Crippen molar-refractivity contribution in [1.29, 1.82) is 0 Å². The van der Waals surface area contributed by atoms with Gasteiger partial charge in [-0.15, -0.1) is 0 Å². The number of anilines is 1. The first kappa shape index (κ1) is 18.5. The lowest BCUT2D eigenvalue weighted by Crippen LogP contribution is -2.37. The fourth-order valence-corrected chi connectivity index (χ4v) is 2.17. The van der Waals surface area contributed by atoms with E-state index < -0.39 is 0 Å². The molecule has 0 spiro atoms. The number of hydrogen-bond acceptors (Lipinski definition) is 4. The van der Waals surface area contributed by atoms with Gasteiger partial charge in [-0.05, 0) is 50.4 Å². The van der Waals surface area contributed by atoms with E-state index in [0.29, 0.717) is 29.1 Å². The summed E-state index contributed by atoms with van der Waals surface area (Å²) in [7, 11) is 3.40. The normalized spacial score (nSPS) is 11.5. The first-order valence-electron chi connectivity index (χ1n) is 8.05. The molecule has 0 aromatic heterocycles. The van der Waals surface area contributed by atoms with Crippen LogP contribution >= 0.6 is 0 Å². The fraction of sp³-hybridized carbons (Fsp3) is 0.263. The van der Waals surface area contributed by atoms with E-state index in [9.17, 15) is 9.59 Å². The highest BCUT2D eigenvalue weighted by Crippen LogP contribution is 2.17. The summed E-state index contributed by atoms with van der Waals surface area (Å²) in [6.45, 7) is 2.47. The van der Waals surface area contributed by atoms with Gasteiger partial charge in [0, 0.05) is 18.2 Å². The molecule has 1 unspecified atom stereocenters. The summed E-state index contributed by atoms with van der Waals surface area (Å²) >= 11 is 0. The van der Waals surface area contributed by atoms with E-state index in [0.717, 1.165) is 0 Å². The van der Waals surface area contributed by atoms with Crippen LogP contribution in [-0.4, -0.2) is 38.6 Å². The SMILES string of the molecule is CNC(C)CNC(=O)c1ccccc1NC(=O)c1ccc(OC)cc1. The highest BCUT2D eigenvalue weighted by atomic mass is 16.5. The van der Waals surface area contributed by atoms with Crippen LogP contribution in [0.15, 0.2) is 48.5 Å². The minimum absolute atomic E-state index is 0.157. The molecule has 0 aliphatic heterocycles. The van der Waals surface area contributed by atoms with Gasteiger partial charge in [-0.3, -0.25) is 9.59 Å². The Morgan fingerprint density at radius 1 is 1.04 bits per heavy atom. The molecule has 6 heteroatoms. The van der Waals surface area contributed by atoms with E-state index >= 15 is 0 Å². The zero-order valence-corrected chi connectivity index (χ0v) is 14.6. The van der Waals surface area contributed by atoms with Crippen molar-refractivity contribution in [3.05, 3.63) is 59.7 Å². The third-order valence-electron chi connectivity index (χ3n) is 3.83. The fourth-order valence-electron chi connectivity index (χ4n) is 2.17. The minimum Gasteiger partial charge on any atom is -0.497 e. The second-order valence-corrected chi connectivity index (χ2v) is 5.63. The van der Waals surface area contributed by atoms with Gasteiger partial charge in [-0.25, -0.2) is 0 Å². The molecule has 0 radical (unpaired) electrons. The van der Waals surface area contributed by atoms with Gasteiger partial charge in [0.25, 0.3) is 11.8 Å². The molecule has 25 heavy (non-hydrogen) atoms. The van der Waals surface area contributed by atoms with Crippen molar-refractivity contribution in [1.82, 2.24) is 10.6 Å². The van der Waals surface area contributed by atoms with Gasteiger partial charge < -0.3 is 20.7 Å². The quantitative estimate of drug-likeness (QED) is 0.722. The molecule has 0 bridgehead atoms. The summed E-state index contributed by atoms with van der Waals surface area (Å²) in [6, 6.07) is 13.9. The predicted octanol–water partition coefficient (Wildman–Crippen LogP) is 2.29. The third-order valence-corrected chi connectivity index (χ3v) is 3.83. The predicted molar refractivity (Wildman–Crippen MR) is 98.2 cm³/mol. The number of methoxy groups -OCH3 is 1. The average Bonchev–Trinajstić information content (AvgIpc) is 2.66. The number of amides is 2. The maximum Gasteiger partial charge on any atom is 0.255 e. The van der Waals surface area contributed by atoms with Gasteiger partial charge in [0.05, 0.1) is 18.4 Å². The van der Waals surface area contributed by atoms with Crippen LogP contribution in [0, 0.1) is 0 Å². The van der Waals surface area contributed by atoms with Crippen LogP contribution in [0.5, 0.6) is 5.75 Å². The summed E-state index contributed by atoms with van der Waals surface area (Å²) in [5, 5.41) is 8.69. The Morgan fingerprint density at radius 3 is 2.36 bits per heavy atom. The maximum atomic E-state index is 12.4. The molecule has 1 atom stereocenters. The third kappa shape index (κ3) is 5.06. The molecule has 0 fully saturated rings. The monoisotopic (exact) mass is 341 g/mol. The summed E-state index contributed by atoms with van der Waals surface area (Å²) in [6.07, 6.45) is 0. The number of carbonyl (C=O) groups excluding carboxylic acids is 2. The van der Waals surface area contributed by atoms with E-state index in [1.54, 1.807) is 55.6 Å². The zero-order valence-electron chi connectivity index (χ0n) is 14.6. The first-order valence-corrected chi connectivity index (χ1v) is 8.05. The number of rotatable bonds is 7. The summed E-state index contributed by atoms with van der Waals surface area (Å²) in [5.41, 5.74) is 1.38. The molecule has 3 N–H and O–H groups in total. The Hall–Kier alpha value is -2.86. The van der Waals surface area contributed by atoms with Crippen molar-refractivity contribution in [3.63, 3.8) is 0 Å². The molecule has 6 nitrogen and oxygen atoms in total. The van der Waals surface area contributed by atoms with E-state index in [1.807, 2.05) is 14.0 Å². The topological polar surface area (TPSA) is 79.5 Å². The lowest BCUT2D eigenvalue weighted by atomic mass is 10.1. The number of ether oxygens (including phenoxy) is 1. The largest absolute Gasteiger partial charge is 0.497 e. The van der Waals surface area contributed by atoms with Crippen molar-refractivity contribution in [2.24, 2.45) is 0 Å². The summed E-state index contributed by atoms with van der Waals surface area (Å²) < 4.78 is 5.08. The molecular weight excluding hydrogens is 318 g/mol.